The van der Waals surface area contributed by atoms with Crippen molar-refractivity contribution in [3.05, 3.63) is 47.8 Å². The molecule has 0 atom stereocenters. The fourth-order valence-corrected chi connectivity index (χ4v) is 3.51. The Hall–Kier alpha value is -2.99. The smallest absolute Gasteiger partial charge is 0.484 e. The number of nitrogens with zero attached hydrogens (tertiary/aromatic N) is 3. The molecule has 0 aliphatic heterocycles. The van der Waals surface area contributed by atoms with Crippen molar-refractivity contribution in [2.24, 2.45) is 0 Å². The van der Waals surface area contributed by atoms with Gasteiger partial charge in [-0.2, -0.15) is 13.2 Å². The van der Waals surface area contributed by atoms with Gasteiger partial charge >= 0.3 is 12.3 Å². The van der Waals surface area contributed by atoms with Gasteiger partial charge in [0.1, 0.15) is 12.4 Å². The number of pyridine rings is 1. The quantitative estimate of drug-likeness (QED) is 0.178. The lowest BCUT2D eigenvalue weighted by atomic mass is 10.2. The number of ether oxygens (including phenoxy) is 3. The minimum absolute atomic E-state index is 0. The van der Waals surface area contributed by atoms with Crippen molar-refractivity contribution >= 4 is 29.2 Å². The molecule has 0 aliphatic carbocycles. The van der Waals surface area contributed by atoms with Gasteiger partial charge in [-0.3, -0.25) is 9.55 Å². The van der Waals surface area contributed by atoms with E-state index in [1.165, 1.54) is 12.3 Å². The lowest BCUT2D eigenvalue weighted by molar-refractivity contribution is -0.153. The second-order valence-corrected chi connectivity index (χ2v) is 7.93. The summed E-state index contributed by atoms with van der Waals surface area (Å²) in [4.78, 5) is 20.5. The Morgan fingerprint density at radius 2 is 2.00 bits per heavy atom. The van der Waals surface area contributed by atoms with Gasteiger partial charge in [0.05, 0.1) is 35.4 Å². The second kappa shape index (κ2) is 11.9. The van der Waals surface area contributed by atoms with Crippen molar-refractivity contribution in [3.63, 3.8) is 0 Å². The Morgan fingerprint density at radius 1 is 1.21 bits per heavy atom. The average molecular weight is 502 g/mol. The Kier molecular flexibility index (Phi) is 8.99. The molecule has 0 amide bonds. The van der Waals surface area contributed by atoms with Crippen molar-refractivity contribution < 1.29 is 37.8 Å². The summed E-state index contributed by atoms with van der Waals surface area (Å²) in [6.07, 6.45) is -2.23. The summed E-state index contributed by atoms with van der Waals surface area (Å²) in [7, 11) is 0. The van der Waals surface area contributed by atoms with Gasteiger partial charge in [-0.1, -0.05) is 25.5 Å². The summed E-state index contributed by atoms with van der Waals surface area (Å²) in [5.74, 6) is 0.0816. The molecule has 8 nitrogen and oxygen atoms in total. The van der Waals surface area contributed by atoms with Crippen molar-refractivity contribution in [2.45, 2.75) is 51.4 Å². The summed E-state index contributed by atoms with van der Waals surface area (Å²) in [5.41, 5.74) is 2.27. The molecule has 0 fully saturated rings. The number of alkyl halides is 3. The fourth-order valence-electron chi connectivity index (χ4n) is 2.86. The van der Waals surface area contributed by atoms with Crippen LogP contribution in [0.5, 0.6) is 5.75 Å². The maximum Gasteiger partial charge on any atom is 0.510 e. The number of halogens is 3. The third kappa shape index (κ3) is 7.26. The van der Waals surface area contributed by atoms with Crippen LogP contribution in [-0.4, -0.2) is 40.1 Å². The summed E-state index contributed by atoms with van der Waals surface area (Å²) in [6.45, 7) is 2.34. The zero-order valence-electron chi connectivity index (χ0n) is 18.6. The summed E-state index contributed by atoms with van der Waals surface area (Å²) in [6, 6.07) is 8.66. The maximum absolute atomic E-state index is 12.5. The number of benzene rings is 1. The lowest BCUT2D eigenvalue weighted by Crippen LogP contribution is -2.19. The topological polar surface area (TPSA) is 84.7 Å². The molecule has 2 heterocycles. The van der Waals surface area contributed by atoms with E-state index in [4.69, 9.17) is 18.4 Å². The minimum Gasteiger partial charge on any atom is -0.484 e. The normalized spacial score (nSPS) is 11.6. The zero-order valence-corrected chi connectivity index (χ0v) is 19.4. The van der Waals surface area contributed by atoms with Crippen LogP contribution in [0.1, 0.15) is 32.4 Å². The van der Waals surface area contributed by atoms with Crippen LogP contribution in [0.2, 0.25) is 0 Å². The molecule has 1 aromatic carbocycles. The third-order valence-electron chi connectivity index (χ3n) is 4.63. The van der Waals surface area contributed by atoms with Crippen LogP contribution in [-0.2, 0) is 27.0 Å². The van der Waals surface area contributed by atoms with Crippen molar-refractivity contribution in [1.82, 2.24) is 14.5 Å². The lowest BCUT2D eigenvalue weighted by Gasteiger charge is -2.13. The van der Waals surface area contributed by atoms with Crippen LogP contribution >= 0.6 is 12.0 Å². The third-order valence-corrected chi connectivity index (χ3v) is 5.32. The Morgan fingerprint density at radius 3 is 2.76 bits per heavy atom. The van der Waals surface area contributed by atoms with Crippen LogP contribution in [0.3, 0.4) is 0 Å². The predicted molar refractivity (Wildman–Crippen MR) is 120 cm³/mol. The summed E-state index contributed by atoms with van der Waals surface area (Å²) in [5, 5.41) is 0.421. The van der Waals surface area contributed by atoms with E-state index in [1.54, 1.807) is 11.5 Å². The molecule has 0 radical (unpaired) electrons. The zero-order chi connectivity index (χ0) is 24.6. The number of hydrogen-bond acceptors (Lipinski definition) is 8. The van der Waals surface area contributed by atoms with E-state index >= 15 is 0 Å². The Bertz CT molecular complexity index is 1110. The number of fused-ring (bicyclic) bond motifs is 1. The van der Waals surface area contributed by atoms with Crippen LogP contribution in [0.25, 0.3) is 11.0 Å². The molecule has 0 saturated heterocycles. The van der Waals surface area contributed by atoms with Crippen molar-refractivity contribution in [3.8, 4) is 5.75 Å². The molecule has 34 heavy (non-hydrogen) atoms. The van der Waals surface area contributed by atoms with Crippen LogP contribution < -0.4 is 4.74 Å². The van der Waals surface area contributed by atoms with E-state index in [0.29, 0.717) is 21.9 Å². The molecular formula is C22H26F3N3O5S. The molecule has 0 bridgehead atoms. The Balaban J connectivity index is 0.00000432. The van der Waals surface area contributed by atoms with E-state index < -0.39 is 18.9 Å². The molecule has 0 spiro atoms. The number of carbonyl (C=O) groups excluding carboxylic acids is 1. The fraction of sp³-hybridized carbons (Fsp3) is 0.409. The summed E-state index contributed by atoms with van der Waals surface area (Å²) >= 11 is 0.932. The molecular weight excluding hydrogens is 475 g/mol. The van der Waals surface area contributed by atoms with Gasteiger partial charge in [0.25, 0.3) is 0 Å². The first-order chi connectivity index (χ1) is 16.3. The molecule has 3 rings (SSSR count). The van der Waals surface area contributed by atoms with Crippen LogP contribution in [0.15, 0.2) is 41.7 Å². The van der Waals surface area contributed by atoms with E-state index in [2.05, 4.69) is 9.97 Å². The monoisotopic (exact) mass is 501 g/mol. The van der Waals surface area contributed by atoms with Gasteiger partial charge in [0.2, 0.25) is 0 Å². The largest absolute Gasteiger partial charge is 0.510 e. The standard InChI is InChI=1S/C22H24F3N3O5S.H2/c1-3-4-11-30-21(29)32-14-28-18-8-6-5-7-16(18)27-20(28)34-33-12-17-15(2)19(9-10-26-17)31-13-22(23,24)25;/h5-10H,3-4,11-14H2,1-2H3;1H. The number of imidazole rings is 1. The number of aromatic nitrogens is 3. The van der Waals surface area contributed by atoms with E-state index in [-0.39, 0.29) is 27.1 Å². The van der Waals surface area contributed by atoms with Gasteiger partial charge in [-0.15, -0.1) is 0 Å². The molecule has 0 saturated carbocycles. The number of carbonyl (C=O) groups is 1. The first-order valence-electron chi connectivity index (χ1n) is 10.5. The second-order valence-electron chi connectivity index (χ2n) is 7.17. The van der Waals surface area contributed by atoms with Gasteiger partial charge in [-0.25, -0.2) is 9.78 Å². The van der Waals surface area contributed by atoms with Gasteiger partial charge in [0.15, 0.2) is 18.5 Å². The molecule has 186 valence electrons. The average Bonchev–Trinajstić information content (AvgIpc) is 3.15. The molecule has 12 heteroatoms. The summed E-state index contributed by atoms with van der Waals surface area (Å²) < 4.78 is 59.8. The van der Waals surface area contributed by atoms with E-state index in [9.17, 15) is 18.0 Å². The number of para-hydroxylation sites is 2. The van der Waals surface area contributed by atoms with Gasteiger partial charge in [-0.05, 0) is 31.5 Å². The van der Waals surface area contributed by atoms with Crippen LogP contribution in [0.4, 0.5) is 18.0 Å². The molecule has 0 unspecified atom stereocenters. The first kappa shape index (κ1) is 25.6. The maximum atomic E-state index is 12.5. The molecule has 0 aliphatic rings. The van der Waals surface area contributed by atoms with Crippen molar-refractivity contribution in [1.29, 1.82) is 0 Å². The van der Waals surface area contributed by atoms with Gasteiger partial charge in [0, 0.05) is 13.2 Å². The predicted octanol–water partition coefficient (Wildman–Crippen LogP) is 6.06. The minimum atomic E-state index is -4.44. The van der Waals surface area contributed by atoms with Gasteiger partial charge < -0.3 is 18.4 Å². The highest BCUT2D eigenvalue weighted by molar-refractivity contribution is 7.94. The van der Waals surface area contributed by atoms with E-state index in [1.807, 2.05) is 31.2 Å². The van der Waals surface area contributed by atoms with Crippen molar-refractivity contribution in [2.75, 3.05) is 13.2 Å². The highest BCUT2D eigenvalue weighted by atomic mass is 32.2. The highest BCUT2D eigenvalue weighted by Crippen LogP contribution is 2.28. The Labute approximate surface area is 200 Å². The highest BCUT2D eigenvalue weighted by Gasteiger charge is 2.28. The van der Waals surface area contributed by atoms with Crippen LogP contribution in [0, 0.1) is 6.92 Å². The SMILES string of the molecule is CCCCOC(=O)OCn1c(SOCc2nccc(OCC(F)(F)F)c2C)nc2ccccc21.[HH]. The number of unbranched alkanes of at least 4 members (excludes halogenated alkanes) is 1. The number of rotatable bonds is 11. The van der Waals surface area contributed by atoms with E-state index in [0.717, 1.165) is 30.4 Å². The molecule has 3 aromatic rings. The molecule has 0 N–H and O–H groups in total. The number of hydrogen-bond donors (Lipinski definition) is 0. The molecule has 2 aromatic heterocycles. The first-order valence-corrected chi connectivity index (χ1v) is 11.2.